The van der Waals surface area contributed by atoms with E-state index in [-0.39, 0.29) is 19.1 Å². The molecule has 0 saturated heterocycles. The molecule has 0 aromatic heterocycles. The molecular formula is C25H28N2O6. The summed E-state index contributed by atoms with van der Waals surface area (Å²) in [6.07, 6.45) is -0.153. The molecule has 33 heavy (non-hydrogen) atoms. The van der Waals surface area contributed by atoms with E-state index < -0.39 is 35.5 Å². The first-order valence-electron chi connectivity index (χ1n) is 11.0. The largest absolute Gasteiger partial charge is 0.480 e. The number of carbonyl (C=O) groups is 3. The predicted octanol–water partition coefficient (Wildman–Crippen LogP) is 2.91. The van der Waals surface area contributed by atoms with Crippen molar-refractivity contribution in [3.8, 4) is 11.1 Å². The Hall–Kier alpha value is -3.39. The van der Waals surface area contributed by atoms with Crippen LogP contribution in [0.25, 0.3) is 11.1 Å². The van der Waals surface area contributed by atoms with Crippen LogP contribution in [0, 0.1) is 5.41 Å². The number of rotatable bonds is 9. The van der Waals surface area contributed by atoms with Gasteiger partial charge in [0.1, 0.15) is 6.61 Å². The van der Waals surface area contributed by atoms with E-state index in [4.69, 9.17) is 9.47 Å². The molecule has 1 fully saturated rings. The highest BCUT2D eigenvalue weighted by molar-refractivity contribution is 5.90. The molecule has 8 nitrogen and oxygen atoms in total. The van der Waals surface area contributed by atoms with Crippen LogP contribution in [0.4, 0.5) is 4.79 Å². The number of carboxylic acids is 1. The van der Waals surface area contributed by atoms with E-state index in [1.54, 1.807) is 6.92 Å². The third kappa shape index (κ3) is 4.57. The maximum atomic E-state index is 12.7. The molecule has 2 amide bonds. The fourth-order valence-corrected chi connectivity index (χ4v) is 4.34. The number of carboxylic acid groups (broad SMARTS) is 1. The normalized spacial score (nSPS) is 17.3. The van der Waals surface area contributed by atoms with Gasteiger partial charge in [-0.1, -0.05) is 48.5 Å². The van der Waals surface area contributed by atoms with E-state index in [9.17, 15) is 19.5 Å². The average Bonchev–Trinajstić information content (AvgIpc) is 3.56. The summed E-state index contributed by atoms with van der Waals surface area (Å²) < 4.78 is 10.6. The van der Waals surface area contributed by atoms with Gasteiger partial charge in [-0.2, -0.15) is 0 Å². The molecule has 0 bridgehead atoms. The van der Waals surface area contributed by atoms with Crippen LogP contribution >= 0.6 is 0 Å². The summed E-state index contributed by atoms with van der Waals surface area (Å²) in [4.78, 5) is 36.6. The van der Waals surface area contributed by atoms with Gasteiger partial charge in [-0.25, -0.2) is 9.59 Å². The summed E-state index contributed by atoms with van der Waals surface area (Å²) in [5, 5.41) is 14.6. The quantitative estimate of drug-likeness (QED) is 0.539. The van der Waals surface area contributed by atoms with Crippen LogP contribution in [-0.4, -0.2) is 55.5 Å². The molecule has 1 saturated carbocycles. The molecule has 3 N–H and O–H groups in total. The maximum absolute atomic E-state index is 12.7. The van der Waals surface area contributed by atoms with E-state index in [1.165, 1.54) is 7.11 Å². The topological polar surface area (TPSA) is 114 Å². The Labute approximate surface area is 192 Å². The van der Waals surface area contributed by atoms with Crippen LogP contribution in [-0.2, 0) is 19.1 Å². The summed E-state index contributed by atoms with van der Waals surface area (Å²) in [6.45, 7) is 1.85. The van der Waals surface area contributed by atoms with E-state index in [2.05, 4.69) is 22.8 Å². The van der Waals surface area contributed by atoms with Gasteiger partial charge < -0.3 is 25.2 Å². The van der Waals surface area contributed by atoms with Gasteiger partial charge in [-0.05, 0) is 42.0 Å². The first-order valence-corrected chi connectivity index (χ1v) is 11.0. The number of carbonyl (C=O) groups excluding carboxylic acids is 2. The number of aliphatic carboxylic acids is 1. The lowest BCUT2D eigenvalue weighted by Crippen LogP contribution is -2.52. The molecule has 8 heteroatoms. The zero-order valence-electron chi connectivity index (χ0n) is 18.7. The lowest BCUT2D eigenvalue weighted by Gasteiger charge is -2.23. The Kier molecular flexibility index (Phi) is 6.37. The van der Waals surface area contributed by atoms with Crippen molar-refractivity contribution in [3.05, 3.63) is 59.7 Å². The van der Waals surface area contributed by atoms with Crippen molar-refractivity contribution in [2.24, 2.45) is 5.41 Å². The van der Waals surface area contributed by atoms with Gasteiger partial charge in [0, 0.05) is 19.6 Å². The number of hydrogen-bond acceptors (Lipinski definition) is 5. The Morgan fingerprint density at radius 2 is 1.64 bits per heavy atom. The van der Waals surface area contributed by atoms with E-state index in [0.717, 1.165) is 22.3 Å². The third-order valence-electron chi connectivity index (χ3n) is 6.64. The highest BCUT2D eigenvalue weighted by Gasteiger charge is 2.51. The lowest BCUT2D eigenvalue weighted by molar-refractivity contribution is -0.146. The Morgan fingerprint density at radius 3 is 2.15 bits per heavy atom. The molecule has 0 heterocycles. The maximum Gasteiger partial charge on any atom is 0.407 e. The van der Waals surface area contributed by atoms with Gasteiger partial charge >= 0.3 is 12.1 Å². The third-order valence-corrected chi connectivity index (χ3v) is 6.64. The van der Waals surface area contributed by atoms with E-state index >= 15 is 0 Å². The molecule has 0 radical (unpaired) electrons. The smallest absolute Gasteiger partial charge is 0.407 e. The number of hydrogen-bond donors (Lipinski definition) is 3. The van der Waals surface area contributed by atoms with Crippen LogP contribution in [0.15, 0.2) is 48.5 Å². The van der Waals surface area contributed by atoms with Gasteiger partial charge in [0.05, 0.1) is 11.5 Å². The minimum atomic E-state index is -1.17. The number of benzene rings is 2. The molecule has 0 spiro atoms. The molecule has 0 aliphatic heterocycles. The van der Waals surface area contributed by atoms with Crippen molar-refractivity contribution in [3.63, 3.8) is 0 Å². The summed E-state index contributed by atoms with van der Waals surface area (Å²) >= 11 is 0. The predicted molar refractivity (Wildman–Crippen MR) is 121 cm³/mol. The molecule has 2 aliphatic rings. The zero-order chi connectivity index (χ0) is 23.6. The van der Waals surface area contributed by atoms with Crippen molar-refractivity contribution in [2.45, 2.75) is 37.8 Å². The molecular weight excluding hydrogens is 424 g/mol. The van der Waals surface area contributed by atoms with Crippen molar-refractivity contribution < 1.29 is 29.0 Å². The molecule has 4 rings (SSSR count). The number of fused-ring (bicyclic) bond motifs is 3. The SMILES string of the molecule is CO[C@H](C)[C@H](NC(=O)C1(CNC(=O)OCC2c3ccccc3-c3ccccc32)CC1)C(=O)O. The summed E-state index contributed by atoms with van der Waals surface area (Å²) in [5.74, 6) is -1.62. The monoisotopic (exact) mass is 452 g/mol. The van der Waals surface area contributed by atoms with Crippen molar-refractivity contribution >= 4 is 18.0 Å². The van der Waals surface area contributed by atoms with Gasteiger partial charge in [0.15, 0.2) is 6.04 Å². The van der Waals surface area contributed by atoms with Gasteiger partial charge in [-0.3, -0.25) is 4.79 Å². The number of alkyl carbamates (subject to hydrolysis) is 1. The Balaban J connectivity index is 1.33. The number of nitrogens with one attached hydrogen (secondary N) is 2. The standard InChI is InChI=1S/C25H28N2O6/c1-15(32-2)21(22(28)29)27-23(30)25(11-12-25)14-26-24(31)33-13-20-18-9-5-3-7-16(18)17-8-4-6-10-19(17)20/h3-10,15,20-21H,11-14H2,1-2H3,(H,26,31)(H,27,30)(H,28,29)/t15-,21+/m1/s1. The minimum Gasteiger partial charge on any atom is -0.480 e. The van der Waals surface area contributed by atoms with Crippen LogP contribution in [0.1, 0.15) is 36.8 Å². The van der Waals surface area contributed by atoms with Gasteiger partial charge in [0.2, 0.25) is 5.91 Å². The summed E-state index contributed by atoms with van der Waals surface area (Å²) in [6, 6.07) is 15.0. The fourth-order valence-electron chi connectivity index (χ4n) is 4.34. The van der Waals surface area contributed by atoms with Crippen molar-refractivity contribution in [1.82, 2.24) is 10.6 Å². The zero-order valence-corrected chi connectivity index (χ0v) is 18.7. The average molecular weight is 453 g/mol. The van der Waals surface area contributed by atoms with Gasteiger partial charge in [-0.15, -0.1) is 0 Å². The summed E-state index contributed by atoms with van der Waals surface area (Å²) in [5.41, 5.74) is 3.73. The van der Waals surface area contributed by atoms with Crippen LogP contribution < -0.4 is 10.6 Å². The lowest BCUT2D eigenvalue weighted by atomic mass is 9.98. The van der Waals surface area contributed by atoms with Crippen molar-refractivity contribution in [1.29, 1.82) is 0 Å². The van der Waals surface area contributed by atoms with E-state index in [1.807, 2.05) is 36.4 Å². The minimum absolute atomic E-state index is 0.0480. The second-order valence-electron chi connectivity index (χ2n) is 8.69. The van der Waals surface area contributed by atoms with Crippen LogP contribution in [0.2, 0.25) is 0 Å². The van der Waals surface area contributed by atoms with E-state index in [0.29, 0.717) is 12.8 Å². The first-order chi connectivity index (χ1) is 15.9. The Bertz CT molecular complexity index is 1020. The van der Waals surface area contributed by atoms with Crippen molar-refractivity contribution in [2.75, 3.05) is 20.3 Å². The molecule has 2 aromatic rings. The first kappa shape index (κ1) is 22.8. The summed E-state index contributed by atoms with van der Waals surface area (Å²) in [7, 11) is 1.39. The number of methoxy groups -OCH3 is 1. The second-order valence-corrected chi connectivity index (χ2v) is 8.69. The molecule has 2 aromatic carbocycles. The second kappa shape index (κ2) is 9.23. The molecule has 0 unspecified atom stereocenters. The molecule has 174 valence electrons. The van der Waals surface area contributed by atoms with Gasteiger partial charge in [0.25, 0.3) is 0 Å². The highest BCUT2D eigenvalue weighted by Crippen LogP contribution is 2.46. The number of amides is 2. The molecule has 2 aliphatic carbocycles. The van der Waals surface area contributed by atoms with Crippen LogP contribution in [0.5, 0.6) is 0 Å². The fraction of sp³-hybridized carbons (Fsp3) is 0.400. The Morgan fingerprint density at radius 1 is 1.06 bits per heavy atom. The van der Waals surface area contributed by atoms with Crippen LogP contribution in [0.3, 0.4) is 0 Å². The highest BCUT2D eigenvalue weighted by atomic mass is 16.5. The molecule has 2 atom stereocenters. The number of ether oxygens (including phenoxy) is 2.